The zero-order chi connectivity index (χ0) is 17.3. The molecule has 0 spiro atoms. The molecular formula is C19H24N2O3. The van der Waals surface area contributed by atoms with Gasteiger partial charge in [-0.15, -0.1) is 0 Å². The number of fused-ring (bicyclic) bond motifs is 1. The number of aromatic amines is 1. The van der Waals surface area contributed by atoms with E-state index >= 15 is 0 Å². The van der Waals surface area contributed by atoms with Gasteiger partial charge in [-0.05, 0) is 38.3 Å². The summed E-state index contributed by atoms with van der Waals surface area (Å²) in [5.41, 5.74) is 2.32. The van der Waals surface area contributed by atoms with E-state index in [2.05, 4.69) is 10.3 Å². The third-order valence-electron chi connectivity index (χ3n) is 5.30. The van der Waals surface area contributed by atoms with Gasteiger partial charge in [0.25, 0.3) is 0 Å². The van der Waals surface area contributed by atoms with Crippen LogP contribution in [0.25, 0.3) is 10.9 Å². The molecule has 5 nitrogen and oxygen atoms in total. The van der Waals surface area contributed by atoms with Crippen LogP contribution in [0, 0.1) is 12.8 Å². The Balaban J connectivity index is 1.79. The molecule has 0 aliphatic heterocycles. The molecule has 0 radical (unpaired) electrons. The van der Waals surface area contributed by atoms with Crippen LogP contribution in [-0.2, 0) is 16.0 Å². The first kappa shape index (κ1) is 16.6. The van der Waals surface area contributed by atoms with E-state index in [4.69, 9.17) is 0 Å². The van der Waals surface area contributed by atoms with E-state index < -0.39 is 17.4 Å². The van der Waals surface area contributed by atoms with E-state index in [1.54, 1.807) is 0 Å². The second-order valence-electron chi connectivity index (χ2n) is 7.05. The summed E-state index contributed by atoms with van der Waals surface area (Å²) in [6, 6.07) is 7.92. The van der Waals surface area contributed by atoms with Gasteiger partial charge in [-0.3, -0.25) is 9.59 Å². The molecule has 3 rings (SSSR count). The number of rotatable bonds is 4. The van der Waals surface area contributed by atoms with Gasteiger partial charge >= 0.3 is 5.97 Å². The molecule has 1 aliphatic rings. The van der Waals surface area contributed by atoms with Crippen molar-refractivity contribution >= 4 is 22.8 Å². The van der Waals surface area contributed by atoms with Crippen LogP contribution in [-0.4, -0.2) is 27.5 Å². The van der Waals surface area contributed by atoms with Crippen molar-refractivity contribution in [3.8, 4) is 0 Å². The van der Waals surface area contributed by atoms with Crippen LogP contribution < -0.4 is 5.32 Å². The predicted molar refractivity (Wildman–Crippen MR) is 92.9 cm³/mol. The number of aromatic nitrogens is 1. The topological polar surface area (TPSA) is 82.2 Å². The van der Waals surface area contributed by atoms with Crippen molar-refractivity contribution in [3.05, 3.63) is 35.5 Å². The first-order chi connectivity index (χ1) is 11.4. The molecule has 1 fully saturated rings. The lowest BCUT2D eigenvalue weighted by Gasteiger charge is -2.39. The second kappa shape index (κ2) is 6.30. The molecule has 0 bridgehead atoms. The van der Waals surface area contributed by atoms with E-state index in [1.807, 2.05) is 38.1 Å². The van der Waals surface area contributed by atoms with E-state index in [0.29, 0.717) is 12.8 Å². The molecule has 1 amide bonds. The summed E-state index contributed by atoms with van der Waals surface area (Å²) in [7, 11) is 0. The van der Waals surface area contributed by atoms with Crippen LogP contribution in [0.1, 0.15) is 43.9 Å². The molecule has 1 aromatic heterocycles. The standard InChI is InChI=1S/C19H24N2O3/c1-12-14(13-7-3-4-9-16(13)20-12)11-17(22)21-19(2)10-6-5-8-15(19)18(23)24/h3-4,7,9,15,20H,5-6,8,10-11H2,1-2H3,(H,21,22)(H,23,24). The SMILES string of the molecule is Cc1[nH]c2ccccc2c1CC(=O)NC1(C)CCCCC1C(=O)O. The number of carbonyl (C=O) groups excluding carboxylic acids is 1. The maximum atomic E-state index is 12.6. The van der Waals surface area contributed by atoms with Crippen LogP contribution >= 0.6 is 0 Å². The molecule has 1 saturated carbocycles. The Morgan fingerprint density at radius 2 is 2.08 bits per heavy atom. The second-order valence-corrected chi connectivity index (χ2v) is 7.05. The first-order valence-corrected chi connectivity index (χ1v) is 8.51. The highest BCUT2D eigenvalue weighted by Gasteiger charge is 2.42. The van der Waals surface area contributed by atoms with E-state index in [1.165, 1.54) is 0 Å². The van der Waals surface area contributed by atoms with E-state index in [-0.39, 0.29) is 12.3 Å². The first-order valence-electron chi connectivity index (χ1n) is 8.51. The number of nitrogens with one attached hydrogen (secondary N) is 2. The van der Waals surface area contributed by atoms with Gasteiger partial charge in [-0.25, -0.2) is 0 Å². The van der Waals surface area contributed by atoms with Gasteiger partial charge in [0.15, 0.2) is 0 Å². The molecule has 2 atom stereocenters. The van der Waals surface area contributed by atoms with Crippen molar-refractivity contribution < 1.29 is 14.7 Å². The van der Waals surface area contributed by atoms with Gasteiger partial charge in [0.2, 0.25) is 5.91 Å². The Bertz CT molecular complexity index is 780. The number of carboxylic acid groups (broad SMARTS) is 1. The summed E-state index contributed by atoms with van der Waals surface area (Å²) in [6.07, 6.45) is 3.45. The molecule has 3 N–H and O–H groups in total. The molecule has 1 aromatic carbocycles. The fourth-order valence-electron chi connectivity index (χ4n) is 3.96. The van der Waals surface area contributed by atoms with Crippen molar-refractivity contribution in [2.45, 2.75) is 51.5 Å². The lowest BCUT2D eigenvalue weighted by molar-refractivity contribution is -0.146. The quantitative estimate of drug-likeness (QED) is 0.806. The number of hydrogen-bond acceptors (Lipinski definition) is 2. The highest BCUT2D eigenvalue weighted by molar-refractivity contribution is 5.90. The predicted octanol–water partition coefficient (Wildman–Crippen LogP) is 3.17. The van der Waals surface area contributed by atoms with Crippen LogP contribution in [0.4, 0.5) is 0 Å². The molecule has 2 unspecified atom stereocenters. The normalized spacial score (nSPS) is 24.0. The lowest BCUT2D eigenvalue weighted by atomic mass is 9.74. The zero-order valence-electron chi connectivity index (χ0n) is 14.2. The number of carbonyl (C=O) groups is 2. The Kier molecular flexibility index (Phi) is 4.35. The van der Waals surface area contributed by atoms with Crippen LogP contribution in [0.3, 0.4) is 0 Å². The Morgan fingerprint density at radius 3 is 2.83 bits per heavy atom. The number of hydrogen-bond donors (Lipinski definition) is 3. The van der Waals surface area contributed by atoms with Crippen molar-refractivity contribution in [2.24, 2.45) is 5.92 Å². The monoisotopic (exact) mass is 328 g/mol. The maximum Gasteiger partial charge on any atom is 0.308 e. The van der Waals surface area contributed by atoms with Gasteiger partial charge in [0, 0.05) is 16.6 Å². The number of H-pyrrole nitrogens is 1. The summed E-state index contributed by atoms with van der Waals surface area (Å²) < 4.78 is 0. The largest absolute Gasteiger partial charge is 0.481 e. The van der Waals surface area contributed by atoms with Gasteiger partial charge in [-0.1, -0.05) is 31.0 Å². The number of carboxylic acids is 1. The molecule has 24 heavy (non-hydrogen) atoms. The maximum absolute atomic E-state index is 12.6. The average molecular weight is 328 g/mol. The van der Waals surface area contributed by atoms with Gasteiger partial charge in [-0.2, -0.15) is 0 Å². The summed E-state index contributed by atoms with van der Waals surface area (Å²) in [5, 5.41) is 13.5. The highest BCUT2D eigenvalue weighted by Crippen LogP contribution is 2.34. The zero-order valence-corrected chi connectivity index (χ0v) is 14.2. The van der Waals surface area contributed by atoms with Gasteiger partial charge in [0.1, 0.15) is 0 Å². The molecule has 128 valence electrons. The Hall–Kier alpha value is -2.30. The third-order valence-corrected chi connectivity index (χ3v) is 5.30. The summed E-state index contributed by atoms with van der Waals surface area (Å²) in [5.74, 6) is -1.45. The van der Waals surface area contributed by atoms with Crippen LogP contribution in [0.5, 0.6) is 0 Å². The van der Waals surface area contributed by atoms with E-state index in [9.17, 15) is 14.7 Å². The lowest BCUT2D eigenvalue weighted by Crippen LogP contribution is -2.55. The minimum Gasteiger partial charge on any atom is -0.481 e. The summed E-state index contributed by atoms with van der Waals surface area (Å²) >= 11 is 0. The smallest absolute Gasteiger partial charge is 0.308 e. The number of aliphatic carboxylic acids is 1. The molecule has 5 heteroatoms. The Morgan fingerprint density at radius 1 is 1.33 bits per heavy atom. The molecule has 0 saturated heterocycles. The minimum absolute atomic E-state index is 0.112. The molecular weight excluding hydrogens is 304 g/mol. The van der Waals surface area contributed by atoms with E-state index in [0.717, 1.165) is 35.0 Å². The Labute approximate surface area is 141 Å². The van der Waals surface area contributed by atoms with Crippen molar-refractivity contribution in [1.29, 1.82) is 0 Å². The number of para-hydroxylation sites is 1. The molecule has 1 heterocycles. The molecule has 1 aliphatic carbocycles. The fourth-order valence-corrected chi connectivity index (χ4v) is 3.96. The average Bonchev–Trinajstić information content (AvgIpc) is 2.83. The third kappa shape index (κ3) is 3.03. The number of benzene rings is 1. The number of amides is 1. The van der Waals surface area contributed by atoms with Gasteiger partial charge in [0.05, 0.1) is 17.9 Å². The molecule has 2 aromatic rings. The summed E-state index contributed by atoms with van der Waals surface area (Å²) in [6.45, 7) is 3.83. The minimum atomic E-state index is -0.819. The summed E-state index contributed by atoms with van der Waals surface area (Å²) in [4.78, 5) is 27.5. The van der Waals surface area contributed by atoms with Crippen molar-refractivity contribution in [2.75, 3.05) is 0 Å². The van der Waals surface area contributed by atoms with Crippen LogP contribution in [0.2, 0.25) is 0 Å². The number of aryl methyl sites for hydroxylation is 1. The van der Waals surface area contributed by atoms with Crippen molar-refractivity contribution in [3.63, 3.8) is 0 Å². The van der Waals surface area contributed by atoms with Gasteiger partial charge < -0.3 is 15.4 Å². The fraction of sp³-hybridized carbons (Fsp3) is 0.474. The van der Waals surface area contributed by atoms with Crippen molar-refractivity contribution in [1.82, 2.24) is 10.3 Å². The van der Waals surface area contributed by atoms with Crippen LogP contribution in [0.15, 0.2) is 24.3 Å². The highest BCUT2D eigenvalue weighted by atomic mass is 16.4.